The average Bonchev–Trinajstić information content (AvgIpc) is 2.65. The molecule has 0 amide bonds. The molecule has 1 fully saturated rings. The first kappa shape index (κ1) is 21.6. The molecule has 1 saturated carbocycles. The van der Waals surface area contributed by atoms with Gasteiger partial charge in [0.25, 0.3) is 0 Å². The molecular weight excluding hydrogens is 324 g/mol. The van der Waals surface area contributed by atoms with Crippen LogP contribution in [-0.4, -0.2) is 52.1 Å². The lowest BCUT2D eigenvalue weighted by Crippen LogP contribution is -2.37. The fraction of sp³-hybridized carbons (Fsp3) is 0.789. The molecular formula is C19H32O6. The van der Waals surface area contributed by atoms with E-state index in [9.17, 15) is 9.59 Å². The van der Waals surface area contributed by atoms with Gasteiger partial charge in [-0.2, -0.15) is 0 Å². The Morgan fingerprint density at radius 3 is 2.20 bits per heavy atom. The molecule has 1 aliphatic carbocycles. The van der Waals surface area contributed by atoms with Crippen LogP contribution in [0, 0.1) is 5.92 Å². The summed E-state index contributed by atoms with van der Waals surface area (Å²) in [4.78, 5) is 23.6. The molecule has 6 nitrogen and oxygen atoms in total. The van der Waals surface area contributed by atoms with Gasteiger partial charge in [0, 0.05) is 13.7 Å². The van der Waals surface area contributed by atoms with E-state index in [-0.39, 0.29) is 23.7 Å². The highest BCUT2D eigenvalue weighted by Crippen LogP contribution is 2.30. The van der Waals surface area contributed by atoms with E-state index in [1.54, 1.807) is 13.2 Å². The Hall–Kier alpha value is -1.40. The molecule has 0 aromatic heterocycles. The molecule has 3 atom stereocenters. The van der Waals surface area contributed by atoms with E-state index in [4.69, 9.17) is 9.47 Å². The minimum absolute atomic E-state index is 0.0438. The topological polar surface area (TPSA) is 71.1 Å². The Bertz CT molecular complexity index is 427. The first-order valence-corrected chi connectivity index (χ1v) is 9.10. The van der Waals surface area contributed by atoms with E-state index in [2.05, 4.69) is 16.4 Å². The highest BCUT2D eigenvalue weighted by molar-refractivity contribution is 6.13. The van der Waals surface area contributed by atoms with Gasteiger partial charge in [-0.1, -0.05) is 32.3 Å². The van der Waals surface area contributed by atoms with Gasteiger partial charge in [0.1, 0.15) is 5.57 Å². The average molecular weight is 356 g/mol. The van der Waals surface area contributed by atoms with Gasteiger partial charge in [0.15, 0.2) is 0 Å². The Labute approximate surface area is 150 Å². The van der Waals surface area contributed by atoms with Gasteiger partial charge in [0.05, 0.1) is 26.4 Å². The number of unbranched alkanes of at least 4 members (excludes halogenated alkanes) is 3. The fourth-order valence-electron chi connectivity index (χ4n) is 3.16. The van der Waals surface area contributed by atoms with Crippen LogP contribution in [0.15, 0.2) is 11.6 Å². The molecule has 0 spiro atoms. The number of methoxy groups -OCH3 is 3. The zero-order chi connectivity index (χ0) is 18.7. The molecule has 0 bridgehead atoms. The van der Waals surface area contributed by atoms with Crippen LogP contribution < -0.4 is 0 Å². The van der Waals surface area contributed by atoms with Crippen molar-refractivity contribution in [2.24, 2.45) is 5.92 Å². The second kappa shape index (κ2) is 12.0. The van der Waals surface area contributed by atoms with Crippen LogP contribution in [0.25, 0.3) is 0 Å². The Morgan fingerprint density at radius 1 is 0.960 bits per heavy atom. The molecule has 3 unspecified atom stereocenters. The Morgan fingerprint density at radius 2 is 1.64 bits per heavy atom. The summed E-state index contributed by atoms with van der Waals surface area (Å²) in [5, 5.41) is 0. The monoisotopic (exact) mass is 356 g/mol. The zero-order valence-corrected chi connectivity index (χ0v) is 15.9. The lowest BCUT2D eigenvalue weighted by Gasteiger charge is -2.34. The summed E-state index contributed by atoms with van der Waals surface area (Å²) >= 11 is 0. The van der Waals surface area contributed by atoms with Gasteiger partial charge in [-0.3, -0.25) is 0 Å². The third kappa shape index (κ3) is 7.16. The highest BCUT2D eigenvalue weighted by Gasteiger charge is 2.32. The molecule has 144 valence electrons. The number of carbonyl (C=O) groups excluding carboxylic acids is 2. The smallest absolute Gasteiger partial charge is 0.344 e. The summed E-state index contributed by atoms with van der Waals surface area (Å²) in [5.41, 5.74) is -0.0520. The van der Waals surface area contributed by atoms with Crippen molar-refractivity contribution in [2.45, 2.75) is 64.1 Å². The van der Waals surface area contributed by atoms with Crippen LogP contribution in [0.3, 0.4) is 0 Å². The predicted octanol–water partition coefficient (Wildman–Crippen LogP) is 3.04. The van der Waals surface area contributed by atoms with Gasteiger partial charge in [-0.25, -0.2) is 9.59 Å². The summed E-state index contributed by atoms with van der Waals surface area (Å²) in [6.45, 7) is 2.94. The number of allylic oxidation sites excluding steroid dienone is 1. The number of hydrogen-bond donors (Lipinski definition) is 0. The van der Waals surface area contributed by atoms with E-state index in [0.29, 0.717) is 6.42 Å². The van der Waals surface area contributed by atoms with Gasteiger partial charge < -0.3 is 18.9 Å². The highest BCUT2D eigenvalue weighted by atomic mass is 16.5. The summed E-state index contributed by atoms with van der Waals surface area (Å²) in [5.74, 6) is -1.29. The van der Waals surface area contributed by atoms with E-state index >= 15 is 0 Å². The van der Waals surface area contributed by atoms with Crippen molar-refractivity contribution in [3.63, 3.8) is 0 Å². The molecule has 1 aliphatic rings. The molecule has 0 saturated heterocycles. The number of esters is 2. The minimum atomic E-state index is -0.671. The maximum atomic E-state index is 11.8. The number of ether oxygens (including phenoxy) is 4. The van der Waals surface area contributed by atoms with Gasteiger partial charge >= 0.3 is 11.9 Å². The van der Waals surface area contributed by atoms with E-state index in [1.165, 1.54) is 33.5 Å². The third-order valence-electron chi connectivity index (χ3n) is 4.62. The molecule has 0 N–H and O–H groups in total. The quantitative estimate of drug-likeness (QED) is 0.197. The van der Waals surface area contributed by atoms with E-state index < -0.39 is 11.9 Å². The van der Waals surface area contributed by atoms with E-state index in [1.807, 2.05) is 0 Å². The lowest BCUT2D eigenvalue weighted by molar-refractivity contribution is -0.144. The molecule has 25 heavy (non-hydrogen) atoms. The van der Waals surface area contributed by atoms with Crippen LogP contribution in [0.1, 0.15) is 51.9 Å². The number of hydrogen-bond acceptors (Lipinski definition) is 6. The second-order valence-electron chi connectivity index (χ2n) is 6.38. The molecule has 0 aliphatic heterocycles. The Balaban J connectivity index is 2.62. The SMILES string of the molecule is CCCCCCOC1CCC(C=C(C(=O)OC)C(=O)OC)CC1OC. The fourth-order valence-corrected chi connectivity index (χ4v) is 3.16. The largest absolute Gasteiger partial charge is 0.465 e. The van der Waals surface area contributed by atoms with Crippen molar-refractivity contribution in [3.8, 4) is 0 Å². The maximum Gasteiger partial charge on any atom is 0.344 e. The van der Waals surface area contributed by atoms with Crippen LogP contribution in [0.4, 0.5) is 0 Å². The van der Waals surface area contributed by atoms with Gasteiger partial charge in [-0.05, 0) is 31.6 Å². The minimum Gasteiger partial charge on any atom is -0.465 e. The maximum absolute atomic E-state index is 11.8. The molecule has 0 radical (unpaired) electrons. The summed E-state index contributed by atoms with van der Waals surface area (Å²) < 4.78 is 20.9. The van der Waals surface area contributed by atoms with Crippen molar-refractivity contribution >= 4 is 11.9 Å². The van der Waals surface area contributed by atoms with Crippen molar-refractivity contribution < 1.29 is 28.5 Å². The van der Waals surface area contributed by atoms with Crippen molar-refractivity contribution in [1.82, 2.24) is 0 Å². The normalized spacial score (nSPS) is 23.0. The second-order valence-corrected chi connectivity index (χ2v) is 6.38. The molecule has 0 aromatic carbocycles. The molecule has 0 aromatic rings. The van der Waals surface area contributed by atoms with Crippen molar-refractivity contribution in [3.05, 3.63) is 11.6 Å². The van der Waals surface area contributed by atoms with Gasteiger partial charge in [-0.15, -0.1) is 0 Å². The van der Waals surface area contributed by atoms with Crippen LogP contribution in [-0.2, 0) is 28.5 Å². The van der Waals surface area contributed by atoms with E-state index in [0.717, 1.165) is 25.9 Å². The van der Waals surface area contributed by atoms with Crippen molar-refractivity contribution in [2.75, 3.05) is 27.9 Å². The number of rotatable bonds is 10. The molecule has 0 heterocycles. The predicted molar refractivity (Wildman–Crippen MR) is 94.1 cm³/mol. The lowest BCUT2D eigenvalue weighted by atomic mass is 9.84. The first-order chi connectivity index (χ1) is 12.1. The summed E-state index contributed by atoms with van der Waals surface area (Å²) in [7, 11) is 4.17. The molecule has 6 heteroatoms. The first-order valence-electron chi connectivity index (χ1n) is 9.10. The number of carbonyl (C=O) groups is 2. The summed E-state index contributed by atoms with van der Waals surface area (Å²) in [6, 6.07) is 0. The summed E-state index contributed by atoms with van der Waals surface area (Å²) in [6.07, 6.45) is 8.75. The Kier molecular flexibility index (Phi) is 10.4. The molecule has 1 rings (SSSR count). The van der Waals surface area contributed by atoms with Gasteiger partial charge in [0.2, 0.25) is 0 Å². The van der Waals surface area contributed by atoms with Crippen LogP contribution in [0.5, 0.6) is 0 Å². The van der Waals surface area contributed by atoms with Crippen molar-refractivity contribution in [1.29, 1.82) is 0 Å². The third-order valence-corrected chi connectivity index (χ3v) is 4.62. The standard InChI is InChI=1S/C19H32O6/c1-5-6-7-8-11-25-16-10-9-14(13-17(16)22-2)12-15(18(20)23-3)19(21)24-4/h12,14,16-17H,5-11,13H2,1-4H3. The zero-order valence-electron chi connectivity index (χ0n) is 15.9. The van der Waals surface area contributed by atoms with Crippen LogP contribution >= 0.6 is 0 Å². The van der Waals surface area contributed by atoms with Crippen LogP contribution in [0.2, 0.25) is 0 Å².